The molecule has 0 aliphatic heterocycles. The fraction of sp³-hybridized carbons (Fsp3) is 0.300. The first-order chi connectivity index (χ1) is 10.8. The number of carbonyl (C=O) groups is 2. The summed E-state index contributed by atoms with van der Waals surface area (Å²) in [7, 11) is 0. The maximum Gasteiger partial charge on any atom is 0.317 e. The molecule has 3 nitrogen and oxygen atoms in total. The van der Waals surface area contributed by atoms with E-state index in [2.05, 4.69) is 0 Å². The average Bonchev–Trinajstić information content (AvgIpc) is 2.83. The number of ketones is 1. The smallest absolute Gasteiger partial charge is 0.317 e. The molecule has 2 aromatic rings. The third-order valence-electron chi connectivity index (χ3n) is 3.91. The topological polar surface area (TPSA) is 43.4 Å². The summed E-state index contributed by atoms with van der Waals surface area (Å²) >= 11 is 0. The zero-order valence-electron chi connectivity index (χ0n) is 13.6. The molecule has 118 valence electrons. The van der Waals surface area contributed by atoms with Crippen molar-refractivity contribution in [2.45, 2.75) is 32.8 Å². The van der Waals surface area contributed by atoms with Crippen molar-refractivity contribution in [2.75, 3.05) is 0 Å². The molecular formula is C20H20O3. The first kappa shape index (κ1) is 15.5. The number of esters is 1. The van der Waals surface area contributed by atoms with Gasteiger partial charge in [0, 0.05) is 5.56 Å². The van der Waals surface area contributed by atoms with Crippen molar-refractivity contribution in [1.82, 2.24) is 0 Å². The maximum absolute atomic E-state index is 12.5. The summed E-state index contributed by atoms with van der Waals surface area (Å²) in [4.78, 5) is 24.7. The van der Waals surface area contributed by atoms with Crippen LogP contribution in [0.15, 0.2) is 48.5 Å². The lowest BCUT2D eigenvalue weighted by Gasteiger charge is -2.21. The summed E-state index contributed by atoms with van der Waals surface area (Å²) in [5.41, 5.74) is 3.14. The van der Waals surface area contributed by atoms with Crippen LogP contribution in [0.1, 0.15) is 36.7 Å². The Bertz CT molecular complexity index is 754. The number of carbonyl (C=O) groups excluding carboxylic acids is 2. The Kier molecular flexibility index (Phi) is 3.80. The van der Waals surface area contributed by atoms with Crippen LogP contribution in [0.4, 0.5) is 0 Å². The SMILES string of the molecule is CC(C)(C)OC(=O)C1Cc2cc(-c3ccccc3)ccc2C1=O. The van der Waals surface area contributed by atoms with Crippen LogP contribution < -0.4 is 0 Å². The van der Waals surface area contributed by atoms with Gasteiger partial charge in [-0.3, -0.25) is 9.59 Å². The van der Waals surface area contributed by atoms with Gasteiger partial charge in [-0.15, -0.1) is 0 Å². The number of ether oxygens (including phenoxy) is 1. The molecule has 0 fully saturated rings. The lowest BCUT2D eigenvalue weighted by Crippen LogP contribution is -2.31. The van der Waals surface area contributed by atoms with Gasteiger partial charge in [-0.1, -0.05) is 48.5 Å². The normalized spacial score (nSPS) is 17.0. The Morgan fingerprint density at radius 2 is 1.74 bits per heavy atom. The van der Waals surface area contributed by atoms with Crippen LogP contribution in [0, 0.1) is 5.92 Å². The number of fused-ring (bicyclic) bond motifs is 1. The first-order valence-electron chi connectivity index (χ1n) is 7.80. The minimum absolute atomic E-state index is 0.131. The van der Waals surface area contributed by atoms with E-state index < -0.39 is 17.5 Å². The molecule has 3 heteroatoms. The number of rotatable bonds is 2. The quantitative estimate of drug-likeness (QED) is 0.621. The van der Waals surface area contributed by atoms with Gasteiger partial charge in [-0.05, 0) is 43.9 Å². The van der Waals surface area contributed by atoms with E-state index >= 15 is 0 Å². The zero-order chi connectivity index (χ0) is 16.6. The maximum atomic E-state index is 12.5. The minimum atomic E-state index is -0.713. The molecule has 0 spiro atoms. The molecule has 23 heavy (non-hydrogen) atoms. The number of hydrogen-bond acceptors (Lipinski definition) is 3. The molecule has 1 unspecified atom stereocenters. The summed E-state index contributed by atoms with van der Waals surface area (Å²) in [5.74, 6) is -1.27. The summed E-state index contributed by atoms with van der Waals surface area (Å²) < 4.78 is 5.38. The van der Waals surface area contributed by atoms with Gasteiger partial charge in [0.2, 0.25) is 0 Å². The molecule has 0 heterocycles. The standard InChI is InChI=1S/C20H20O3/c1-20(2,3)23-19(22)17-12-15-11-14(9-10-16(15)18(17)21)13-7-5-4-6-8-13/h4-11,17H,12H2,1-3H3. The van der Waals surface area contributed by atoms with Gasteiger partial charge in [0.15, 0.2) is 5.78 Å². The molecule has 1 aliphatic rings. The Morgan fingerprint density at radius 1 is 1.04 bits per heavy atom. The number of benzene rings is 2. The van der Waals surface area contributed by atoms with Crippen molar-refractivity contribution in [1.29, 1.82) is 0 Å². The molecule has 0 radical (unpaired) electrons. The third-order valence-corrected chi connectivity index (χ3v) is 3.91. The van der Waals surface area contributed by atoms with Crippen molar-refractivity contribution in [2.24, 2.45) is 5.92 Å². The fourth-order valence-corrected chi connectivity index (χ4v) is 2.88. The Morgan fingerprint density at radius 3 is 2.39 bits per heavy atom. The highest BCUT2D eigenvalue weighted by molar-refractivity contribution is 6.12. The minimum Gasteiger partial charge on any atom is -0.459 e. The summed E-state index contributed by atoms with van der Waals surface area (Å²) in [6.07, 6.45) is 0.420. The molecule has 0 saturated heterocycles. The molecule has 0 aromatic heterocycles. The van der Waals surface area contributed by atoms with E-state index in [-0.39, 0.29) is 5.78 Å². The largest absolute Gasteiger partial charge is 0.459 e. The van der Waals surface area contributed by atoms with Gasteiger partial charge in [0.05, 0.1) is 0 Å². The van der Waals surface area contributed by atoms with Crippen LogP contribution in [0.3, 0.4) is 0 Å². The van der Waals surface area contributed by atoms with E-state index in [0.717, 1.165) is 16.7 Å². The van der Waals surface area contributed by atoms with Gasteiger partial charge in [-0.25, -0.2) is 0 Å². The highest BCUT2D eigenvalue weighted by Gasteiger charge is 2.38. The summed E-state index contributed by atoms with van der Waals surface area (Å²) in [5, 5.41) is 0. The Labute approximate surface area is 136 Å². The van der Waals surface area contributed by atoms with Gasteiger partial charge in [0.1, 0.15) is 11.5 Å². The van der Waals surface area contributed by atoms with Crippen LogP contribution in [-0.4, -0.2) is 17.4 Å². The highest BCUT2D eigenvalue weighted by atomic mass is 16.6. The van der Waals surface area contributed by atoms with Crippen LogP contribution in [-0.2, 0) is 16.0 Å². The van der Waals surface area contributed by atoms with E-state index in [1.807, 2.05) is 69.3 Å². The van der Waals surface area contributed by atoms with Crippen LogP contribution in [0.2, 0.25) is 0 Å². The average molecular weight is 308 g/mol. The molecule has 1 aliphatic carbocycles. The third kappa shape index (κ3) is 3.19. The second-order valence-electron chi connectivity index (χ2n) is 6.89. The number of hydrogen-bond donors (Lipinski definition) is 0. The van der Waals surface area contributed by atoms with Crippen molar-refractivity contribution >= 4 is 11.8 Å². The lowest BCUT2D eigenvalue weighted by molar-refractivity contribution is -0.157. The summed E-state index contributed by atoms with van der Waals surface area (Å²) in [6.45, 7) is 5.43. The van der Waals surface area contributed by atoms with E-state index in [9.17, 15) is 9.59 Å². The predicted octanol–water partition coefficient (Wildman–Crippen LogP) is 4.05. The van der Waals surface area contributed by atoms with Crippen molar-refractivity contribution in [3.63, 3.8) is 0 Å². The van der Waals surface area contributed by atoms with Crippen LogP contribution in [0.5, 0.6) is 0 Å². The Balaban J connectivity index is 1.87. The second kappa shape index (κ2) is 5.65. The van der Waals surface area contributed by atoms with Crippen molar-refractivity contribution in [3.05, 3.63) is 59.7 Å². The lowest BCUT2D eigenvalue weighted by atomic mass is 10.0. The van der Waals surface area contributed by atoms with E-state index in [0.29, 0.717) is 12.0 Å². The Hall–Kier alpha value is -2.42. The molecule has 1 atom stereocenters. The molecule has 0 saturated carbocycles. The van der Waals surface area contributed by atoms with E-state index in [4.69, 9.17) is 4.74 Å². The molecule has 3 rings (SSSR count). The van der Waals surface area contributed by atoms with E-state index in [1.165, 1.54) is 0 Å². The van der Waals surface area contributed by atoms with Crippen LogP contribution in [0.25, 0.3) is 11.1 Å². The fourth-order valence-electron chi connectivity index (χ4n) is 2.88. The monoisotopic (exact) mass is 308 g/mol. The van der Waals surface area contributed by atoms with Gasteiger partial charge in [-0.2, -0.15) is 0 Å². The van der Waals surface area contributed by atoms with Crippen LogP contribution >= 0.6 is 0 Å². The molecule has 0 bridgehead atoms. The zero-order valence-corrected chi connectivity index (χ0v) is 13.6. The second-order valence-corrected chi connectivity index (χ2v) is 6.89. The van der Waals surface area contributed by atoms with Gasteiger partial charge >= 0.3 is 5.97 Å². The van der Waals surface area contributed by atoms with Crippen molar-refractivity contribution < 1.29 is 14.3 Å². The highest BCUT2D eigenvalue weighted by Crippen LogP contribution is 2.32. The van der Waals surface area contributed by atoms with Crippen molar-refractivity contribution in [3.8, 4) is 11.1 Å². The molecule has 0 N–H and O–H groups in total. The van der Waals surface area contributed by atoms with E-state index in [1.54, 1.807) is 0 Å². The number of Topliss-reactive ketones (excluding diaryl/α,β-unsaturated/α-hetero) is 1. The van der Waals surface area contributed by atoms with Gasteiger partial charge < -0.3 is 4.74 Å². The molecule has 2 aromatic carbocycles. The van der Waals surface area contributed by atoms with Gasteiger partial charge in [0.25, 0.3) is 0 Å². The first-order valence-corrected chi connectivity index (χ1v) is 7.80. The molecular weight excluding hydrogens is 288 g/mol. The predicted molar refractivity (Wildman–Crippen MR) is 89.2 cm³/mol. The summed E-state index contributed by atoms with van der Waals surface area (Å²) in [6, 6.07) is 15.8. The molecule has 0 amide bonds.